The maximum absolute atomic E-state index is 2.25. The molecule has 22 heavy (non-hydrogen) atoms. The van der Waals surface area contributed by atoms with Crippen LogP contribution in [0.4, 0.5) is 0 Å². The van der Waals surface area contributed by atoms with Gasteiger partial charge in [-0.1, -0.05) is 60.7 Å². The molecule has 0 aliphatic carbocycles. The van der Waals surface area contributed by atoms with Gasteiger partial charge in [0.2, 0.25) is 0 Å². The van der Waals surface area contributed by atoms with E-state index in [9.17, 15) is 0 Å². The molecule has 0 radical (unpaired) electrons. The van der Waals surface area contributed by atoms with Crippen molar-refractivity contribution in [3.05, 3.63) is 96.1 Å². The molecule has 0 aliphatic rings. The van der Waals surface area contributed by atoms with Gasteiger partial charge in [0.05, 0.1) is 0 Å². The van der Waals surface area contributed by atoms with E-state index in [0.29, 0.717) is 0 Å². The number of benzene rings is 3. The van der Waals surface area contributed by atoms with Crippen LogP contribution in [0, 0.1) is 0 Å². The van der Waals surface area contributed by atoms with Crippen LogP contribution in [-0.2, 0) is 11.5 Å². The Labute approximate surface area is 141 Å². The molecule has 0 fully saturated rings. The third-order valence-electron chi connectivity index (χ3n) is 3.32. The molecule has 0 aromatic heterocycles. The van der Waals surface area contributed by atoms with Crippen LogP contribution in [0.15, 0.2) is 94.7 Å². The van der Waals surface area contributed by atoms with Gasteiger partial charge in [-0.25, -0.2) is 0 Å². The topological polar surface area (TPSA) is 0 Å². The second-order valence-corrected chi connectivity index (χ2v) is 7.12. The van der Waals surface area contributed by atoms with Crippen LogP contribution in [0.5, 0.6) is 0 Å². The standard InChI is InChI=1S/C20H18S2/c1-3-7-19(8-4-1)21-15-17-11-13-18(14-12-17)16-22-20-9-5-2-6-10-20/h1-14H,15-16H2. The Morgan fingerprint density at radius 3 is 1.18 bits per heavy atom. The first-order valence-electron chi connectivity index (χ1n) is 7.34. The molecule has 0 saturated heterocycles. The highest BCUT2D eigenvalue weighted by Crippen LogP contribution is 2.25. The largest absolute Gasteiger partial charge is 0.121 e. The summed E-state index contributed by atoms with van der Waals surface area (Å²) in [7, 11) is 0. The highest BCUT2D eigenvalue weighted by atomic mass is 32.2. The third-order valence-corrected chi connectivity index (χ3v) is 5.49. The molecule has 0 aliphatic heterocycles. The van der Waals surface area contributed by atoms with Crippen LogP contribution in [0.3, 0.4) is 0 Å². The number of hydrogen-bond donors (Lipinski definition) is 0. The van der Waals surface area contributed by atoms with Gasteiger partial charge in [0.1, 0.15) is 0 Å². The lowest BCUT2D eigenvalue weighted by atomic mass is 10.2. The Morgan fingerprint density at radius 1 is 0.455 bits per heavy atom. The lowest BCUT2D eigenvalue weighted by Gasteiger charge is -2.05. The summed E-state index contributed by atoms with van der Waals surface area (Å²) in [5.74, 6) is 2.05. The SMILES string of the molecule is c1ccc(SCc2ccc(CSc3ccccc3)cc2)cc1. The van der Waals surface area contributed by atoms with E-state index in [1.54, 1.807) is 0 Å². The molecule has 0 spiro atoms. The highest BCUT2D eigenvalue weighted by Gasteiger charge is 1.99. The van der Waals surface area contributed by atoms with Gasteiger partial charge in [-0.3, -0.25) is 0 Å². The first-order chi connectivity index (χ1) is 10.9. The fraction of sp³-hybridized carbons (Fsp3) is 0.100. The molecule has 0 unspecified atom stereocenters. The maximum Gasteiger partial charge on any atom is 0.0231 e. The van der Waals surface area contributed by atoms with E-state index in [0.717, 1.165) is 11.5 Å². The van der Waals surface area contributed by atoms with E-state index >= 15 is 0 Å². The van der Waals surface area contributed by atoms with Crippen LogP contribution < -0.4 is 0 Å². The molecular weight excluding hydrogens is 304 g/mol. The van der Waals surface area contributed by atoms with Crippen molar-refractivity contribution in [3.63, 3.8) is 0 Å². The Hall–Kier alpha value is -1.64. The molecule has 0 heterocycles. The normalized spacial score (nSPS) is 10.5. The quantitative estimate of drug-likeness (QED) is 0.490. The van der Waals surface area contributed by atoms with Gasteiger partial charge >= 0.3 is 0 Å². The summed E-state index contributed by atoms with van der Waals surface area (Å²) in [6, 6.07) is 30.1. The zero-order valence-corrected chi connectivity index (χ0v) is 13.9. The van der Waals surface area contributed by atoms with Gasteiger partial charge < -0.3 is 0 Å². The average Bonchev–Trinajstić information content (AvgIpc) is 2.61. The predicted octanol–water partition coefficient (Wildman–Crippen LogP) is 6.27. The zero-order chi connectivity index (χ0) is 15.0. The monoisotopic (exact) mass is 322 g/mol. The van der Waals surface area contributed by atoms with Gasteiger partial charge in [-0.2, -0.15) is 0 Å². The maximum atomic E-state index is 2.25. The van der Waals surface area contributed by atoms with Crippen LogP contribution in [0.1, 0.15) is 11.1 Å². The van der Waals surface area contributed by atoms with Crippen molar-refractivity contribution in [3.8, 4) is 0 Å². The third kappa shape index (κ3) is 4.69. The summed E-state index contributed by atoms with van der Waals surface area (Å²) in [5, 5.41) is 0. The smallest absolute Gasteiger partial charge is 0.0231 e. The van der Waals surface area contributed by atoms with Crippen molar-refractivity contribution in [1.82, 2.24) is 0 Å². The fourth-order valence-electron chi connectivity index (χ4n) is 2.10. The van der Waals surface area contributed by atoms with Crippen LogP contribution in [0.2, 0.25) is 0 Å². The van der Waals surface area contributed by atoms with Crippen molar-refractivity contribution in [1.29, 1.82) is 0 Å². The zero-order valence-electron chi connectivity index (χ0n) is 12.3. The number of rotatable bonds is 6. The summed E-state index contributed by atoms with van der Waals surface area (Å²) in [4.78, 5) is 2.65. The average molecular weight is 322 g/mol. The molecule has 0 saturated carbocycles. The van der Waals surface area contributed by atoms with Crippen LogP contribution >= 0.6 is 23.5 Å². The Balaban J connectivity index is 1.52. The second kappa shape index (κ2) is 8.11. The molecule has 110 valence electrons. The summed E-state index contributed by atoms with van der Waals surface area (Å²) < 4.78 is 0. The molecule has 3 rings (SSSR count). The summed E-state index contributed by atoms with van der Waals surface area (Å²) >= 11 is 3.77. The van der Waals surface area contributed by atoms with Crippen molar-refractivity contribution in [2.45, 2.75) is 21.3 Å². The molecule has 0 N–H and O–H groups in total. The molecular formula is C20H18S2. The molecule has 0 atom stereocenters. The van der Waals surface area contributed by atoms with Gasteiger partial charge in [-0.15, -0.1) is 23.5 Å². The van der Waals surface area contributed by atoms with Crippen molar-refractivity contribution < 1.29 is 0 Å². The van der Waals surface area contributed by atoms with E-state index in [1.807, 2.05) is 23.5 Å². The second-order valence-electron chi connectivity index (χ2n) is 5.02. The van der Waals surface area contributed by atoms with Gasteiger partial charge in [0.25, 0.3) is 0 Å². The van der Waals surface area contributed by atoms with E-state index in [1.165, 1.54) is 20.9 Å². The van der Waals surface area contributed by atoms with Crippen molar-refractivity contribution in [2.75, 3.05) is 0 Å². The van der Waals surface area contributed by atoms with E-state index < -0.39 is 0 Å². The van der Waals surface area contributed by atoms with Gasteiger partial charge in [-0.05, 0) is 35.4 Å². The highest BCUT2D eigenvalue weighted by molar-refractivity contribution is 7.98. The van der Waals surface area contributed by atoms with Crippen molar-refractivity contribution >= 4 is 23.5 Å². The molecule has 0 bridgehead atoms. The molecule has 2 heteroatoms. The van der Waals surface area contributed by atoms with Gasteiger partial charge in [0, 0.05) is 21.3 Å². The molecule has 3 aromatic carbocycles. The minimum absolute atomic E-state index is 1.02. The van der Waals surface area contributed by atoms with Crippen molar-refractivity contribution in [2.24, 2.45) is 0 Å². The van der Waals surface area contributed by atoms with Gasteiger partial charge in [0.15, 0.2) is 0 Å². The number of thioether (sulfide) groups is 2. The summed E-state index contributed by atoms with van der Waals surface area (Å²) in [6.45, 7) is 0. The lowest BCUT2D eigenvalue weighted by Crippen LogP contribution is -1.84. The predicted molar refractivity (Wildman–Crippen MR) is 98.4 cm³/mol. The Kier molecular flexibility index (Phi) is 5.63. The Bertz CT molecular complexity index is 613. The van der Waals surface area contributed by atoms with E-state index in [2.05, 4.69) is 84.9 Å². The molecule has 0 amide bonds. The van der Waals surface area contributed by atoms with E-state index in [-0.39, 0.29) is 0 Å². The van der Waals surface area contributed by atoms with Crippen LogP contribution in [0.25, 0.3) is 0 Å². The van der Waals surface area contributed by atoms with Crippen LogP contribution in [-0.4, -0.2) is 0 Å². The number of hydrogen-bond acceptors (Lipinski definition) is 2. The first-order valence-corrected chi connectivity index (χ1v) is 9.31. The molecule has 0 nitrogen and oxygen atoms in total. The summed E-state index contributed by atoms with van der Waals surface area (Å²) in [5.41, 5.74) is 2.75. The fourth-order valence-corrected chi connectivity index (χ4v) is 3.85. The lowest BCUT2D eigenvalue weighted by molar-refractivity contribution is 1.33. The minimum Gasteiger partial charge on any atom is -0.121 e. The summed E-state index contributed by atoms with van der Waals surface area (Å²) in [6.07, 6.45) is 0. The Morgan fingerprint density at radius 2 is 0.818 bits per heavy atom. The first kappa shape index (κ1) is 15.3. The van der Waals surface area contributed by atoms with E-state index in [4.69, 9.17) is 0 Å². The minimum atomic E-state index is 1.02. The molecule has 3 aromatic rings.